The van der Waals surface area contributed by atoms with Crippen LogP contribution >= 0.6 is 0 Å². The van der Waals surface area contributed by atoms with Crippen molar-refractivity contribution < 1.29 is 9.59 Å². The predicted octanol–water partition coefficient (Wildman–Crippen LogP) is 3.74. The molecule has 2 aromatic rings. The van der Waals surface area contributed by atoms with Crippen molar-refractivity contribution in [2.45, 2.75) is 26.2 Å². The van der Waals surface area contributed by atoms with Crippen LogP contribution in [0.15, 0.2) is 66.4 Å². The molecule has 1 fully saturated rings. The maximum absolute atomic E-state index is 13.3. The van der Waals surface area contributed by atoms with Crippen molar-refractivity contribution in [3.05, 3.63) is 77.5 Å². The van der Waals surface area contributed by atoms with Gasteiger partial charge in [0.2, 0.25) is 0 Å². The average molecular weight is 374 g/mol. The van der Waals surface area contributed by atoms with Crippen LogP contribution in [0.25, 0.3) is 5.57 Å². The summed E-state index contributed by atoms with van der Waals surface area (Å²) in [5.41, 5.74) is 3.12. The molecule has 0 aromatic heterocycles. The number of piperidine rings is 1. The Balaban J connectivity index is 1.65. The van der Waals surface area contributed by atoms with Crippen LogP contribution in [0.3, 0.4) is 0 Å². The van der Waals surface area contributed by atoms with E-state index in [0.717, 1.165) is 30.6 Å². The molecule has 0 aliphatic carbocycles. The van der Waals surface area contributed by atoms with E-state index in [1.165, 1.54) is 11.3 Å². The summed E-state index contributed by atoms with van der Waals surface area (Å²) in [7, 11) is 0. The van der Waals surface area contributed by atoms with Crippen molar-refractivity contribution in [3.63, 3.8) is 0 Å². The maximum Gasteiger partial charge on any atom is 0.277 e. The van der Waals surface area contributed by atoms with Gasteiger partial charge in [-0.1, -0.05) is 67.6 Å². The minimum absolute atomic E-state index is 0.145. The van der Waals surface area contributed by atoms with Gasteiger partial charge in [0.15, 0.2) is 0 Å². The van der Waals surface area contributed by atoms with E-state index >= 15 is 0 Å². The van der Waals surface area contributed by atoms with Gasteiger partial charge in [-0.3, -0.25) is 14.5 Å². The minimum atomic E-state index is -0.166. The molecular formula is C24H26N2O2. The molecule has 0 radical (unpaired) electrons. The van der Waals surface area contributed by atoms with E-state index in [4.69, 9.17) is 0 Å². The highest BCUT2D eigenvalue weighted by Crippen LogP contribution is 2.33. The van der Waals surface area contributed by atoms with E-state index in [-0.39, 0.29) is 11.8 Å². The first-order chi connectivity index (χ1) is 13.6. The van der Waals surface area contributed by atoms with Crippen LogP contribution in [0.2, 0.25) is 0 Å². The van der Waals surface area contributed by atoms with Gasteiger partial charge >= 0.3 is 0 Å². The molecule has 0 bridgehead atoms. The van der Waals surface area contributed by atoms with Crippen LogP contribution in [0.1, 0.15) is 30.9 Å². The first kappa shape index (κ1) is 18.5. The quantitative estimate of drug-likeness (QED) is 0.749. The third-order valence-corrected chi connectivity index (χ3v) is 5.65. The van der Waals surface area contributed by atoms with E-state index in [9.17, 15) is 9.59 Å². The summed E-state index contributed by atoms with van der Waals surface area (Å²) in [6.45, 7) is 4.28. The zero-order chi connectivity index (χ0) is 19.5. The number of nitrogens with zero attached hydrogens (tertiary/aromatic N) is 2. The molecule has 2 aliphatic heterocycles. The molecule has 1 unspecified atom stereocenters. The number of carbonyl (C=O) groups is 2. The monoisotopic (exact) mass is 374 g/mol. The highest BCUT2D eigenvalue weighted by Gasteiger charge is 2.41. The molecule has 0 N–H and O–H groups in total. The van der Waals surface area contributed by atoms with Crippen molar-refractivity contribution in [3.8, 4) is 0 Å². The summed E-state index contributed by atoms with van der Waals surface area (Å²) in [4.78, 5) is 30.2. The highest BCUT2D eigenvalue weighted by molar-refractivity contribution is 6.35. The van der Waals surface area contributed by atoms with Crippen LogP contribution in [0, 0.1) is 5.92 Å². The number of rotatable bonds is 5. The lowest BCUT2D eigenvalue weighted by Crippen LogP contribution is -2.39. The molecule has 144 valence electrons. The van der Waals surface area contributed by atoms with Gasteiger partial charge in [-0.2, -0.15) is 0 Å². The molecular weight excluding hydrogens is 348 g/mol. The van der Waals surface area contributed by atoms with Gasteiger partial charge in [-0.05, 0) is 36.3 Å². The Morgan fingerprint density at radius 1 is 0.929 bits per heavy atom. The second kappa shape index (κ2) is 8.01. The highest BCUT2D eigenvalue weighted by atomic mass is 16.2. The topological polar surface area (TPSA) is 40.6 Å². The Bertz CT molecular complexity index is 889. The lowest BCUT2D eigenvalue weighted by molar-refractivity contribution is -0.137. The third-order valence-electron chi connectivity index (χ3n) is 5.65. The SMILES string of the molecule is CC1CCCN(C2=C(c3ccccc3)C(=O)N(CCc3ccccc3)C2=O)C1. The van der Waals surface area contributed by atoms with Crippen LogP contribution in [-0.2, 0) is 16.0 Å². The molecule has 4 rings (SSSR count). The fraction of sp³-hybridized carbons (Fsp3) is 0.333. The van der Waals surface area contributed by atoms with E-state index in [2.05, 4.69) is 11.8 Å². The van der Waals surface area contributed by atoms with Crippen molar-refractivity contribution in [2.75, 3.05) is 19.6 Å². The van der Waals surface area contributed by atoms with Crippen molar-refractivity contribution in [1.29, 1.82) is 0 Å². The van der Waals surface area contributed by atoms with Gasteiger partial charge in [0, 0.05) is 19.6 Å². The maximum atomic E-state index is 13.3. The van der Waals surface area contributed by atoms with E-state index in [0.29, 0.717) is 30.2 Å². The van der Waals surface area contributed by atoms with Crippen molar-refractivity contribution in [2.24, 2.45) is 5.92 Å². The van der Waals surface area contributed by atoms with Gasteiger partial charge in [-0.15, -0.1) is 0 Å². The molecule has 0 saturated carbocycles. The fourth-order valence-corrected chi connectivity index (χ4v) is 4.20. The van der Waals surface area contributed by atoms with Crippen LogP contribution in [0.5, 0.6) is 0 Å². The molecule has 2 amide bonds. The molecule has 2 aliphatic rings. The Morgan fingerprint density at radius 2 is 1.61 bits per heavy atom. The Hall–Kier alpha value is -2.88. The Kier molecular flexibility index (Phi) is 5.29. The zero-order valence-electron chi connectivity index (χ0n) is 16.3. The zero-order valence-corrected chi connectivity index (χ0v) is 16.3. The minimum Gasteiger partial charge on any atom is -0.366 e. The van der Waals surface area contributed by atoms with E-state index in [1.54, 1.807) is 0 Å². The molecule has 1 saturated heterocycles. The van der Waals surface area contributed by atoms with E-state index in [1.807, 2.05) is 60.7 Å². The molecule has 28 heavy (non-hydrogen) atoms. The molecule has 1 atom stereocenters. The smallest absolute Gasteiger partial charge is 0.277 e. The average Bonchev–Trinajstić information content (AvgIpc) is 2.98. The van der Waals surface area contributed by atoms with Gasteiger partial charge in [-0.25, -0.2) is 0 Å². The number of amides is 2. The van der Waals surface area contributed by atoms with Crippen LogP contribution in [-0.4, -0.2) is 41.2 Å². The number of likely N-dealkylation sites (tertiary alicyclic amines) is 1. The summed E-state index contributed by atoms with van der Waals surface area (Å²) >= 11 is 0. The summed E-state index contributed by atoms with van der Waals surface area (Å²) in [5, 5.41) is 0. The summed E-state index contributed by atoms with van der Waals surface area (Å²) < 4.78 is 0. The summed E-state index contributed by atoms with van der Waals surface area (Å²) in [6, 6.07) is 19.6. The molecule has 2 aromatic carbocycles. The van der Waals surface area contributed by atoms with Gasteiger partial charge in [0.25, 0.3) is 11.8 Å². The van der Waals surface area contributed by atoms with Crippen molar-refractivity contribution >= 4 is 17.4 Å². The first-order valence-electron chi connectivity index (χ1n) is 10.1. The fourth-order valence-electron chi connectivity index (χ4n) is 4.20. The van der Waals surface area contributed by atoms with Gasteiger partial charge in [0.05, 0.1) is 5.57 Å². The van der Waals surface area contributed by atoms with Gasteiger partial charge in [0.1, 0.15) is 5.70 Å². The number of imide groups is 1. The summed E-state index contributed by atoms with van der Waals surface area (Å²) in [6.07, 6.45) is 2.90. The standard InChI is InChI=1S/C24H26N2O2/c1-18-9-8-15-25(17-18)22-21(20-12-6-3-7-13-20)23(27)26(24(22)28)16-14-19-10-4-2-5-11-19/h2-7,10-13,18H,8-9,14-17H2,1H3. The molecule has 4 nitrogen and oxygen atoms in total. The lowest BCUT2D eigenvalue weighted by Gasteiger charge is -2.33. The van der Waals surface area contributed by atoms with Crippen molar-refractivity contribution in [1.82, 2.24) is 9.80 Å². The third kappa shape index (κ3) is 3.59. The second-order valence-corrected chi connectivity index (χ2v) is 7.78. The Labute approximate surface area is 166 Å². The van der Waals surface area contributed by atoms with Crippen LogP contribution in [0.4, 0.5) is 0 Å². The van der Waals surface area contributed by atoms with Crippen LogP contribution < -0.4 is 0 Å². The molecule has 0 spiro atoms. The van der Waals surface area contributed by atoms with E-state index < -0.39 is 0 Å². The predicted molar refractivity (Wildman–Crippen MR) is 110 cm³/mol. The lowest BCUT2D eigenvalue weighted by atomic mass is 9.98. The first-order valence-corrected chi connectivity index (χ1v) is 10.1. The number of hydrogen-bond donors (Lipinski definition) is 0. The number of carbonyl (C=O) groups excluding carboxylic acids is 2. The normalized spacial score (nSPS) is 20.2. The molecule has 2 heterocycles. The van der Waals surface area contributed by atoms with Gasteiger partial charge < -0.3 is 4.90 Å². The largest absolute Gasteiger partial charge is 0.366 e. The summed E-state index contributed by atoms with van der Waals surface area (Å²) in [5.74, 6) is 0.216. The Morgan fingerprint density at radius 3 is 2.29 bits per heavy atom. The molecule has 4 heteroatoms. The number of benzene rings is 2. The second-order valence-electron chi connectivity index (χ2n) is 7.78. The number of hydrogen-bond acceptors (Lipinski definition) is 3.